The molecule has 0 bridgehead atoms. The molecule has 0 aliphatic rings. The van der Waals surface area contributed by atoms with Gasteiger partial charge in [0.1, 0.15) is 11.4 Å². The first-order chi connectivity index (χ1) is 12.3. The Balaban J connectivity index is 1.71. The average molecular weight is 328 g/mol. The van der Waals surface area contributed by atoms with Crippen molar-refractivity contribution in [3.05, 3.63) is 79.1 Å². The number of rotatable bonds is 4. The van der Waals surface area contributed by atoms with Crippen LogP contribution in [-0.4, -0.2) is 27.1 Å². The average Bonchev–Trinajstić information content (AvgIpc) is 3.19. The van der Waals surface area contributed by atoms with Gasteiger partial charge in [0, 0.05) is 17.3 Å². The first-order valence-electron chi connectivity index (χ1n) is 7.93. The predicted octanol–water partition coefficient (Wildman–Crippen LogP) is 4.00. The fourth-order valence-corrected chi connectivity index (χ4v) is 2.67. The third kappa shape index (κ3) is 2.99. The molecule has 0 N–H and O–H groups in total. The second kappa shape index (κ2) is 6.57. The topological polar surface area (TPSA) is 52.8 Å². The van der Waals surface area contributed by atoms with Crippen molar-refractivity contribution < 1.29 is 4.74 Å². The molecule has 5 nitrogen and oxygen atoms in total. The number of methoxy groups -OCH3 is 1. The van der Waals surface area contributed by atoms with E-state index in [-0.39, 0.29) is 0 Å². The summed E-state index contributed by atoms with van der Waals surface area (Å²) in [5.41, 5.74) is 4.47. The predicted molar refractivity (Wildman–Crippen MR) is 96.6 cm³/mol. The SMILES string of the molecule is COc1cc(-c2cnn(-c3ccccc3)n2)ccc1-c1ccccn1. The van der Waals surface area contributed by atoms with Gasteiger partial charge in [-0.25, -0.2) is 0 Å². The van der Waals surface area contributed by atoms with Crippen LogP contribution in [-0.2, 0) is 0 Å². The van der Waals surface area contributed by atoms with Crippen molar-refractivity contribution in [3.63, 3.8) is 0 Å². The molecule has 0 saturated heterocycles. The second-order valence-corrected chi connectivity index (χ2v) is 5.48. The van der Waals surface area contributed by atoms with E-state index in [0.29, 0.717) is 0 Å². The molecule has 2 heterocycles. The highest BCUT2D eigenvalue weighted by molar-refractivity contribution is 5.73. The fraction of sp³-hybridized carbons (Fsp3) is 0.0500. The molecule has 2 aromatic heterocycles. The number of para-hydroxylation sites is 1. The first-order valence-corrected chi connectivity index (χ1v) is 7.93. The van der Waals surface area contributed by atoms with Crippen LogP contribution in [0.1, 0.15) is 0 Å². The van der Waals surface area contributed by atoms with E-state index >= 15 is 0 Å². The van der Waals surface area contributed by atoms with E-state index in [1.807, 2.05) is 66.7 Å². The van der Waals surface area contributed by atoms with E-state index in [9.17, 15) is 0 Å². The van der Waals surface area contributed by atoms with Crippen LogP contribution in [0.15, 0.2) is 79.1 Å². The molecule has 25 heavy (non-hydrogen) atoms. The highest BCUT2D eigenvalue weighted by Crippen LogP contribution is 2.32. The molecule has 2 aromatic carbocycles. The van der Waals surface area contributed by atoms with E-state index in [0.717, 1.165) is 34.0 Å². The van der Waals surface area contributed by atoms with Crippen LogP contribution in [0.4, 0.5) is 0 Å². The lowest BCUT2D eigenvalue weighted by molar-refractivity contribution is 0.416. The van der Waals surface area contributed by atoms with Gasteiger partial charge in [-0.2, -0.15) is 9.90 Å². The van der Waals surface area contributed by atoms with Crippen LogP contribution in [0, 0.1) is 0 Å². The minimum atomic E-state index is 0.755. The van der Waals surface area contributed by atoms with E-state index in [4.69, 9.17) is 4.74 Å². The zero-order chi connectivity index (χ0) is 17.1. The van der Waals surface area contributed by atoms with Crippen LogP contribution >= 0.6 is 0 Å². The molecule has 5 heteroatoms. The first kappa shape index (κ1) is 15.1. The van der Waals surface area contributed by atoms with Crippen molar-refractivity contribution in [2.45, 2.75) is 0 Å². The van der Waals surface area contributed by atoms with Gasteiger partial charge in [-0.1, -0.05) is 30.3 Å². The monoisotopic (exact) mass is 328 g/mol. The van der Waals surface area contributed by atoms with Crippen molar-refractivity contribution in [2.75, 3.05) is 7.11 Å². The third-order valence-electron chi connectivity index (χ3n) is 3.92. The molecule has 0 radical (unpaired) electrons. The molecule has 0 saturated carbocycles. The number of hydrogen-bond acceptors (Lipinski definition) is 4. The lowest BCUT2D eigenvalue weighted by Crippen LogP contribution is -1.98. The number of nitrogens with zero attached hydrogens (tertiary/aromatic N) is 4. The molecule has 0 fully saturated rings. The molecular formula is C20H16N4O. The van der Waals surface area contributed by atoms with Crippen molar-refractivity contribution in [1.29, 1.82) is 0 Å². The minimum Gasteiger partial charge on any atom is -0.496 e. The van der Waals surface area contributed by atoms with Gasteiger partial charge in [-0.05, 0) is 36.4 Å². The Kier molecular flexibility index (Phi) is 3.96. The normalized spacial score (nSPS) is 10.6. The summed E-state index contributed by atoms with van der Waals surface area (Å²) >= 11 is 0. The summed E-state index contributed by atoms with van der Waals surface area (Å²) in [6.07, 6.45) is 3.52. The van der Waals surface area contributed by atoms with Gasteiger partial charge in [0.25, 0.3) is 0 Å². The number of benzene rings is 2. The van der Waals surface area contributed by atoms with Crippen molar-refractivity contribution in [3.8, 4) is 34.0 Å². The number of ether oxygens (including phenoxy) is 1. The maximum atomic E-state index is 5.56. The number of hydrogen-bond donors (Lipinski definition) is 0. The van der Waals surface area contributed by atoms with Gasteiger partial charge in [-0.15, -0.1) is 5.10 Å². The third-order valence-corrected chi connectivity index (χ3v) is 3.92. The molecule has 122 valence electrons. The molecule has 4 aromatic rings. The molecule has 0 amide bonds. The van der Waals surface area contributed by atoms with Crippen molar-refractivity contribution >= 4 is 0 Å². The van der Waals surface area contributed by atoms with Gasteiger partial charge in [0.15, 0.2) is 0 Å². The van der Waals surface area contributed by atoms with Crippen molar-refractivity contribution in [1.82, 2.24) is 20.0 Å². The lowest BCUT2D eigenvalue weighted by atomic mass is 10.1. The smallest absolute Gasteiger partial charge is 0.128 e. The van der Waals surface area contributed by atoms with E-state index in [2.05, 4.69) is 15.2 Å². The van der Waals surface area contributed by atoms with Crippen LogP contribution in [0.2, 0.25) is 0 Å². The van der Waals surface area contributed by atoms with Gasteiger partial charge < -0.3 is 4.74 Å². The Hall–Kier alpha value is -3.47. The Labute approximate surface area is 145 Å². The van der Waals surface area contributed by atoms with Crippen LogP contribution < -0.4 is 4.74 Å². The summed E-state index contributed by atoms with van der Waals surface area (Å²) in [6.45, 7) is 0. The Morgan fingerprint density at radius 1 is 0.880 bits per heavy atom. The number of aromatic nitrogens is 4. The standard InChI is InChI=1S/C20H16N4O/c1-25-20-13-15(10-11-17(20)18-9-5-6-12-21-18)19-14-22-24(23-19)16-7-3-2-4-8-16/h2-14H,1H3. The largest absolute Gasteiger partial charge is 0.496 e. The Morgan fingerprint density at radius 2 is 1.72 bits per heavy atom. The second-order valence-electron chi connectivity index (χ2n) is 5.48. The molecular weight excluding hydrogens is 312 g/mol. The molecule has 0 aliphatic heterocycles. The summed E-state index contributed by atoms with van der Waals surface area (Å²) < 4.78 is 5.56. The van der Waals surface area contributed by atoms with E-state index in [1.165, 1.54) is 0 Å². The zero-order valence-corrected chi connectivity index (χ0v) is 13.7. The highest BCUT2D eigenvalue weighted by atomic mass is 16.5. The Bertz CT molecular complexity index is 981. The number of pyridine rings is 1. The molecule has 0 atom stereocenters. The lowest BCUT2D eigenvalue weighted by Gasteiger charge is -2.09. The molecule has 0 unspecified atom stereocenters. The summed E-state index contributed by atoms with van der Waals surface area (Å²) in [4.78, 5) is 6.01. The zero-order valence-electron chi connectivity index (χ0n) is 13.7. The van der Waals surface area contributed by atoms with Gasteiger partial charge in [-0.3, -0.25) is 4.98 Å². The Morgan fingerprint density at radius 3 is 2.48 bits per heavy atom. The highest BCUT2D eigenvalue weighted by Gasteiger charge is 2.11. The fourth-order valence-electron chi connectivity index (χ4n) is 2.67. The van der Waals surface area contributed by atoms with E-state index < -0.39 is 0 Å². The van der Waals surface area contributed by atoms with Gasteiger partial charge >= 0.3 is 0 Å². The quantitative estimate of drug-likeness (QED) is 0.568. The summed E-state index contributed by atoms with van der Waals surface area (Å²) in [5.74, 6) is 0.755. The van der Waals surface area contributed by atoms with Crippen LogP contribution in [0.5, 0.6) is 5.75 Å². The van der Waals surface area contributed by atoms with Gasteiger partial charge in [0.2, 0.25) is 0 Å². The molecule has 4 rings (SSSR count). The van der Waals surface area contributed by atoms with Crippen LogP contribution in [0.3, 0.4) is 0 Å². The van der Waals surface area contributed by atoms with Crippen molar-refractivity contribution in [2.24, 2.45) is 0 Å². The minimum absolute atomic E-state index is 0.755. The van der Waals surface area contributed by atoms with Gasteiger partial charge in [0.05, 0.1) is 24.7 Å². The van der Waals surface area contributed by atoms with E-state index in [1.54, 1.807) is 24.3 Å². The molecule has 0 aliphatic carbocycles. The molecule has 0 spiro atoms. The maximum absolute atomic E-state index is 5.56. The summed E-state index contributed by atoms with van der Waals surface area (Å²) in [5, 5.41) is 8.91. The summed E-state index contributed by atoms with van der Waals surface area (Å²) in [7, 11) is 1.66. The maximum Gasteiger partial charge on any atom is 0.128 e. The summed E-state index contributed by atoms with van der Waals surface area (Å²) in [6, 6.07) is 21.6. The van der Waals surface area contributed by atoms with Crippen LogP contribution in [0.25, 0.3) is 28.2 Å².